The van der Waals surface area contributed by atoms with Gasteiger partial charge in [0.25, 0.3) is 5.91 Å². The smallest absolute Gasteiger partial charge is 0.258 e. The molecule has 4 rings (SSSR count). The lowest BCUT2D eigenvalue weighted by Crippen LogP contribution is -2.29. The molecule has 0 atom stereocenters. The van der Waals surface area contributed by atoms with E-state index in [1.54, 1.807) is 0 Å². The zero-order chi connectivity index (χ0) is 23.8. The van der Waals surface area contributed by atoms with Gasteiger partial charge in [-0.15, -0.1) is 0 Å². The van der Waals surface area contributed by atoms with E-state index in [0.29, 0.717) is 18.9 Å². The molecule has 0 spiro atoms. The molecular formula is C28H31N3O3. The number of aromatic nitrogens is 2. The van der Waals surface area contributed by atoms with Crippen LogP contribution in [0.5, 0.6) is 11.5 Å². The summed E-state index contributed by atoms with van der Waals surface area (Å²) in [7, 11) is 0. The quantitative estimate of drug-likeness (QED) is 0.314. The molecule has 0 unspecified atom stereocenters. The van der Waals surface area contributed by atoms with Crippen molar-refractivity contribution >= 4 is 16.9 Å². The van der Waals surface area contributed by atoms with E-state index in [-0.39, 0.29) is 12.5 Å². The average molecular weight is 458 g/mol. The van der Waals surface area contributed by atoms with Crippen molar-refractivity contribution in [1.82, 2.24) is 14.9 Å². The van der Waals surface area contributed by atoms with E-state index in [0.717, 1.165) is 42.0 Å². The van der Waals surface area contributed by atoms with Gasteiger partial charge in [0.2, 0.25) is 0 Å². The molecule has 0 radical (unpaired) electrons. The molecule has 0 saturated heterocycles. The Labute approximate surface area is 200 Å². The summed E-state index contributed by atoms with van der Waals surface area (Å²) in [5.74, 6) is 2.29. The second kappa shape index (κ2) is 11.4. The molecule has 34 heavy (non-hydrogen) atoms. The fraction of sp³-hybridized carbons (Fsp3) is 0.286. The fourth-order valence-corrected chi connectivity index (χ4v) is 3.84. The number of rotatable bonds is 11. The van der Waals surface area contributed by atoms with Crippen LogP contribution in [0.3, 0.4) is 0 Å². The molecule has 0 bridgehead atoms. The standard InChI is InChI=1S/C28H31N3O3/c1-21-11-10-16-26(22(21)2)33-18-9-8-17-31-25-15-7-6-14-24(25)30-27(31)19-29-28(32)20-34-23-12-4-3-5-13-23/h3-7,10-16H,8-9,17-20H2,1-2H3,(H,29,32). The minimum atomic E-state index is -0.176. The summed E-state index contributed by atoms with van der Waals surface area (Å²) >= 11 is 0. The van der Waals surface area contributed by atoms with Gasteiger partial charge in [-0.2, -0.15) is 0 Å². The Morgan fingerprint density at radius 3 is 2.56 bits per heavy atom. The number of carbonyl (C=O) groups excluding carboxylic acids is 1. The number of fused-ring (bicyclic) bond motifs is 1. The lowest BCUT2D eigenvalue weighted by Gasteiger charge is -2.12. The number of ether oxygens (including phenoxy) is 2. The van der Waals surface area contributed by atoms with Crippen molar-refractivity contribution in [3.63, 3.8) is 0 Å². The zero-order valence-electron chi connectivity index (χ0n) is 19.8. The molecule has 4 aromatic rings. The number of imidazole rings is 1. The second-order valence-corrected chi connectivity index (χ2v) is 8.30. The van der Waals surface area contributed by atoms with Gasteiger partial charge in [0.1, 0.15) is 17.3 Å². The van der Waals surface area contributed by atoms with Crippen molar-refractivity contribution < 1.29 is 14.3 Å². The first-order chi connectivity index (χ1) is 16.6. The number of aryl methyl sites for hydroxylation is 2. The van der Waals surface area contributed by atoms with Gasteiger partial charge < -0.3 is 19.4 Å². The molecule has 0 fully saturated rings. The largest absolute Gasteiger partial charge is 0.493 e. The van der Waals surface area contributed by atoms with Crippen molar-refractivity contribution in [1.29, 1.82) is 0 Å². The van der Waals surface area contributed by atoms with Crippen LogP contribution in [-0.2, 0) is 17.9 Å². The molecule has 0 aliphatic rings. The van der Waals surface area contributed by atoms with Gasteiger partial charge in [0.05, 0.1) is 24.2 Å². The zero-order valence-corrected chi connectivity index (χ0v) is 19.8. The molecule has 6 nitrogen and oxygen atoms in total. The minimum Gasteiger partial charge on any atom is -0.493 e. The summed E-state index contributed by atoms with van der Waals surface area (Å²) in [6, 6.07) is 23.5. The fourth-order valence-electron chi connectivity index (χ4n) is 3.84. The van der Waals surface area contributed by atoms with Crippen LogP contribution in [0.25, 0.3) is 11.0 Å². The number of nitrogens with one attached hydrogen (secondary N) is 1. The van der Waals surface area contributed by atoms with E-state index in [2.05, 4.69) is 35.9 Å². The summed E-state index contributed by atoms with van der Waals surface area (Å²) in [5, 5.41) is 2.93. The maximum absolute atomic E-state index is 12.3. The van der Waals surface area contributed by atoms with Gasteiger partial charge in [-0.1, -0.05) is 42.5 Å². The second-order valence-electron chi connectivity index (χ2n) is 8.30. The Morgan fingerprint density at radius 1 is 0.912 bits per heavy atom. The van der Waals surface area contributed by atoms with E-state index in [4.69, 9.17) is 14.5 Å². The molecule has 1 N–H and O–H groups in total. The van der Waals surface area contributed by atoms with Crippen LogP contribution < -0.4 is 14.8 Å². The predicted molar refractivity (Wildman–Crippen MR) is 134 cm³/mol. The number of carbonyl (C=O) groups is 1. The van der Waals surface area contributed by atoms with Crippen molar-refractivity contribution in [2.45, 2.75) is 39.8 Å². The van der Waals surface area contributed by atoms with E-state index in [1.807, 2.05) is 60.7 Å². The maximum Gasteiger partial charge on any atom is 0.258 e. The first kappa shape index (κ1) is 23.4. The number of para-hydroxylation sites is 3. The van der Waals surface area contributed by atoms with Crippen LogP contribution in [0.15, 0.2) is 72.8 Å². The molecule has 0 saturated carbocycles. The number of unbranched alkanes of at least 4 members (excludes halogenated alkanes) is 1. The van der Waals surface area contributed by atoms with E-state index in [1.165, 1.54) is 11.1 Å². The van der Waals surface area contributed by atoms with Gasteiger partial charge in [-0.05, 0) is 68.1 Å². The average Bonchev–Trinajstić information content (AvgIpc) is 3.22. The van der Waals surface area contributed by atoms with Crippen LogP contribution in [0.2, 0.25) is 0 Å². The highest BCUT2D eigenvalue weighted by atomic mass is 16.5. The predicted octanol–water partition coefficient (Wildman–Crippen LogP) is 5.21. The third-order valence-electron chi connectivity index (χ3n) is 5.88. The van der Waals surface area contributed by atoms with Crippen molar-refractivity contribution in [3.05, 3.63) is 89.7 Å². The lowest BCUT2D eigenvalue weighted by atomic mass is 10.1. The van der Waals surface area contributed by atoms with Crippen molar-refractivity contribution in [3.8, 4) is 11.5 Å². The highest BCUT2D eigenvalue weighted by Gasteiger charge is 2.12. The molecule has 0 aliphatic heterocycles. The number of hydrogen-bond donors (Lipinski definition) is 1. The molecule has 6 heteroatoms. The Hall–Kier alpha value is -3.80. The summed E-state index contributed by atoms with van der Waals surface area (Å²) in [6.07, 6.45) is 1.87. The van der Waals surface area contributed by atoms with Crippen LogP contribution in [-0.4, -0.2) is 28.7 Å². The number of benzene rings is 3. The normalized spacial score (nSPS) is 10.9. The van der Waals surface area contributed by atoms with Gasteiger partial charge in [0, 0.05) is 6.54 Å². The van der Waals surface area contributed by atoms with Crippen LogP contribution in [0.4, 0.5) is 0 Å². The van der Waals surface area contributed by atoms with E-state index in [9.17, 15) is 4.79 Å². The third-order valence-corrected chi connectivity index (χ3v) is 5.88. The Morgan fingerprint density at radius 2 is 1.71 bits per heavy atom. The van der Waals surface area contributed by atoms with Gasteiger partial charge in [0.15, 0.2) is 6.61 Å². The van der Waals surface area contributed by atoms with Crippen LogP contribution in [0, 0.1) is 13.8 Å². The van der Waals surface area contributed by atoms with Gasteiger partial charge in [-0.3, -0.25) is 4.79 Å². The Kier molecular flexibility index (Phi) is 7.81. The maximum atomic E-state index is 12.3. The summed E-state index contributed by atoms with van der Waals surface area (Å²) in [5.41, 5.74) is 4.43. The minimum absolute atomic E-state index is 0.0278. The molecule has 176 valence electrons. The summed E-state index contributed by atoms with van der Waals surface area (Å²) in [4.78, 5) is 17.1. The SMILES string of the molecule is Cc1cccc(OCCCCn2c(CNC(=O)COc3ccccc3)nc3ccccc32)c1C. The molecule has 1 amide bonds. The van der Waals surface area contributed by atoms with Gasteiger partial charge in [-0.25, -0.2) is 4.98 Å². The first-order valence-corrected chi connectivity index (χ1v) is 11.7. The Balaban J connectivity index is 1.31. The van der Waals surface area contributed by atoms with E-state index >= 15 is 0 Å². The lowest BCUT2D eigenvalue weighted by molar-refractivity contribution is -0.123. The van der Waals surface area contributed by atoms with Crippen molar-refractivity contribution in [2.24, 2.45) is 0 Å². The topological polar surface area (TPSA) is 65.4 Å². The summed E-state index contributed by atoms with van der Waals surface area (Å²) < 4.78 is 13.7. The highest BCUT2D eigenvalue weighted by Crippen LogP contribution is 2.21. The third kappa shape index (κ3) is 5.95. The highest BCUT2D eigenvalue weighted by molar-refractivity contribution is 5.78. The molecule has 3 aromatic carbocycles. The molecule has 1 heterocycles. The molecule has 0 aliphatic carbocycles. The van der Waals surface area contributed by atoms with Gasteiger partial charge >= 0.3 is 0 Å². The van der Waals surface area contributed by atoms with E-state index < -0.39 is 0 Å². The monoisotopic (exact) mass is 457 g/mol. The number of hydrogen-bond acceptors (Lipinski definition) is 4. The van der Waals surface area contributed by atoms with Crippen LogP contribution in [0.1, 0.15) is 29.8 Å². The van der Waals surface area contributed by atoms with Crippen molar-refractivity contribution in [2.75, 3.05) is 13.2 Å². The molecule has 1 aromatic heterocycles. The summed E-state index contributed by atoms with van der Waals surface area (Å²) in [6.45, 7) is 5.99. The van der Waals surface area contributed by atoms with Crippen LogP contribution >= 0.6 is 0 Å². The molecular weight excluding hydrogens is 426 g/mol. The number of amides is 1. The Bertz CT molecular complexity index is 1230. The first-order valence-electron chi connectivity index (χ1n) is 11.7. The number of nitrogens with zero attached hydrogens (tertiary/aromatic N) is 2.